The van der Waals surface area contributed by atoms with Gasteiger partial charge in [0, 0.05) is 55.5 Å². The topological polar surface area (TPSA) is 71.0 Å². The van der Waals surface area contributed by atoms with E-state index in [4.69, 9.17) is 0 Å². The van der Waals surface area contributed by atoms with Crippen molar-refractivity contribution in [3.05, 3.63) is 77.0 Å². The average Bonchev–Trinajstić information content (AvgIpc) is 3.24. The number of pyridine rings is 1. The lowest BCUT2D eigenvalue weighted by Gasteiger charge is -2.33. The molecule has 144 valence electrons. The molecule has 3 heterocycles. The summed E-state index contributed by atoms with van der Waals surface area (Å²) in [5.74, 6) is 0.344. The first-order valence-electron chi connectivity index (χ1n) is 9.74. The summed E-state index contributed by atoms with van der Waals surface area (Å²) in [6.07, 6.45) is 5.93. The number of rotatable bonds is 5. The molecule has 0 radical (unpaired) electrons. The van der Waals surface area contributed by atoms with Crippen LogP contribution in [0.2, 0.25) is 0 Å². The van der Waals surface area contributed by atoms with Gasteiger partial charge in [-0.05, 0) is 24.5 Å². The number of benzene rings is 1. The van der Waals surface area contributed by atoms with E-state index in [0.717, 1.165) is 36.2 Å². The van der Waals surface area contributed by atoms with Crippen molar-refractivity contribution >= 4 is 5.91 Å². The lowest BCUT2D eigenvalue weighted by Crippen LogP contribution is -2.40. The maximum atomic E-state index is 12.7. The van der Waals surface area contributed by atoms with Gasteiger partial charge in [0.2, 0.25) is 5.91 Å². The van der Waals surface area contributed by atoms with Gasteiger partial charge in [-0.1, -0.05) is 36.4 Å². The Morgan fingerprint density at radius 1 is 1.14 bits per heavy atom. The third kappa shape index (κ3) is 3.91. The van der Waals surface area contributed by atoms with Gasteiger partial charge in [0.05, 0.1) is 6.20 Å². The Labute approximate surface area is 163 Å². The molecule has 1 unspecified atom stereocenters. The maximum Gasteiger partial charge on any atom is 0.250 e. The summed E-state index contributed by atoms with van der Waals surface area (Å²) in [5, 5.41) is 7.43. The molecule has 1 saturated heterocycles. The summed E-state index contributed by atoms with van der Waals surface area (Å²) in [5.41, 5.74) is 3.27. The van der Waals surface area contributed by atoms with E-state index in [1.54, 1.807) is 16.8 Å². The van der Waals surface area contributed by atoms with Crippen LogP contribution in [0, 0.1) is 0 Å². The van der Waals surface area contributed by atoms with Crippen LogP contribution in [0.3, 0.4) is 0 Å². The SMILES string of the molecule is O=C(CCn1ccccc1=O)N1CCCC(c2[nH]ncc2-c2ccccc2)C1. The molecule has 1 fully saturated rings. The van der Waals surface area contributed by atoms with E-state index in [9.17, 15) is 9.59 Å². The van der Waals surface area contributed by atoms with Crippen molar-refractivity contribution in [1.82, 2.24) is 19.7 Å². The lowest BCUT2D eigenvalue weighted by molar-refractivity contribution is -0.132. The van der Waals surface area contributed by atoms with Crippen molar-refractivity contribution in [2.45, 2.75) is 31.7 Å². The normalized spacial score (nSPS) is 16.9. The number of amides is 1. The number of likely N-dealkylation sites (tertiary alicyclic amines) is 1. The number of aromatic nitrogens is 3. The predicted octanol–water partition coefficient (Wildman–Crippen LogP) is 3.03. The Kier molecular flexibility index (Phi) is 5.37. The first kappa shape index (κ1) is 18.2. The van der Waals surface area contributed by atoms with E-state index < -0.39 is 0 Å². The zero-order chi connectivity index (χ0) is 19.3. The fraction of sp³-hybridized carbons (Fsp3) is 0.318. The molecule has 1 N–H and O–H groups in total. The Morgan fingerprint density at radius 2 is 1.96 bits per heavy atom. The first-order valence-corrected chi connectivity index (χ1v) is 9.74. The van der Waals surface area contributed by atoms with Crippen LogP contribution in [0.4, 0.5) is 0 Å². The standard InChI is InChI=1S/C22H24N4O2/c27-20-10-4-5-12-25(20)14-11-21(28)26-13-6-9-18(16-26)22-19(15-23-24-22)17-7-2-1-3-8-17/h1-5,7-8,10,12,15,18H,6,9,11,13-14,16H2,(H,23,24). The van der Waals surface area contributed by atoms with E-state index >= 15 is 0 Å². The highest BCUT2D eigenvalue weighted by molar-refractivity contribution is 5.76. The number of nitrogens with one attached hydrogen (secondary N) is 1. The second-order valence-electron chi connectivity index (χ2n) is 7.22. The number of hydrogen-bond donors (Lipinski definition) is 1. The van der Waals surface area contributed by atoms with Gasteiger partial charge in [0.15, 0.2) is 0 Å². The molecular weight excluding hydrogens is 352 g/mol. The molecule has 1 amide bonds. The van der Waals surface area contributed by atoms with Crippen molar-refractivity contribution in [3.8, 4) is 11.1 Å². The third-order valence-electron chi connectivity index (χ3n) is 5.40. The van der Waals surface area contributed by atoms with Crippen LogP contribution in [-0.2, 0) is 11.3 Å². The number of carbonyl (C=O) groups excluding carboxylic acids is 1. The molecule has 1 aliphatic heterocycles. The van der Waals surface area contributed by atoms with Crippen LogP contribution in [0.15, 0.2) is 65.7 Å². The maximum absolute atomic E-state index is 12.7. The Hall–Kier alpha value is -3.15. The first-order chi connectivity index (χ1) is 13.7. The Balaban J connectivity index is 1.44. The van der Waals surface area contributed by atoms with Gasteiger partial charge in [-0.3, -0.25) is 14.7 Å². The summed E-state index contributed by atoms with van der Waals surface area (Å²) in [4.78, 5) is 26.5. The molecule has 0 saturated carbocycles. The van der Waals surface area contributed by atoms with Crippen molar-refractivity contribution < 1.29 is 4.79 Å². The molecule has 1 atom stereocenters. The van der Waals surface area contributed by atoms with E-state index in [2.05, 4.69) is 22.3 Å². The molecule has 2 aromatic heterocycles. The van der Waals surface area contributed by atoms with Gasteiger partial charge in [-0.2, -0.15) is 5.10 Å². The number of H-pyrrole nitrogens is 1. The third-order valence-corrected chi connectivity index (χ3v) is 5.40. The number of piperidine rings is 1. The van der Waals surface area contributed by atoms with Crippen LogP contribution >= 0.6 is 0 Å². The molecule has 1 aromatic carbocycles. The zero-order valence-electron chi connectivity index (χ0n) is 15.8. The lowest BCUT2D eigenvalue weighted by atomic mass is 9.90. The van der Waals surface area contributed by atoms with E-state index in [-0.39, 0.29) is 17.4 Å². The summed E-state index contributed by atoms with van der Waals surface area (Å²) in [7, 11) is 0. The monoisotopic (exact) mass is 376 g/mol. The van der Waals surface area contributed by atoms with Gasteiger partial charge in [-0.15, -0.1) is 0 Å². The Bertz CT molecular complexity index is 993. The van der Waals surface area contributed by atoms with Gasteiger partial charge >= 0.3 is 0 Å². The van der Waals surface area contributed by atoms with E-state index in [1.807, 2.05) is 35.4 Å². The molecule has 0 bridgehead atoms. The minimum atomic E-state index is -0.0724. The fourth-order valence-corrected chi connectivity index (χ4v) is 3.91. The summed E-state index contributed by atoms with van der Waals surface area (Å²) in [6, 6.07) is 15.3. The van der Waals surface area contributed by atoms with Crippen LogP contribution < -0.4 is 5.56 Å². The predicted molar refractivity (Wildman–Crippen MR) is 108 cm³/mol. The smallest absolute Gasteiger partial charge is 0.250 e. The molecule has 3 aromatic rings. The summed E-state index contributed by atoms with van der Waals surface area (Å²) in [6.45, 7) is 1.87. The molecule has 0 aliphatic carbocycles. The minimum Gasteiger partial charge on any atom is -0.342 e. The molecule has 6 heteroatoms. The van der Waals surface area contributed by atoms with Gasteiger partial charge in [0.25, 0.3) is 5.56 Å². The van der Waals surface area contributed by atoms with Crippen molar-refractivity contribution in [3.63, 3.8) is 0 Å². The largest absolute Gasteiger partial charge is 0.342 e. The molecular formula is C22H24N4O2. The molecule has 0 spiro atoms. The number of nitrogens with zero attached hydrogens (tertiary/aromatic N) is 3. The van der Waals surface area contributed by atoms with Gasteiger partial charge in [0.1, 0.15) is 0 Å². The molecule has 4 rings (SSSR count). The minimum absolute atomic E-state index is 0.0724. The molecule has 28 heavy (non-hydrogen) atoms. The second kappa shape index (κ2) is 8.25. The number of aromatic amines is 1. The van der Waals surface area contributed by atoms with Gasteiger partial charge in [-0.25, -0.2) is 0 Å². The highest BCUT2D eigenvalue weighted by Crippen LogP contribution is 2.33. The van der Waals surface area contributed by atoms with E-state index in [0.29, 0.717) is 19.5 Å². The van der Waals surface area contributed by atoms with Crippen LogP contribution in [0.1, 0.15) is 30.9 Å². The van der Waals surface area contributed by atoms with Crippen LogP contribution in [0.5, 0.6) is 0 Å². The van der Waals surface area contributed by atoms with Crippen LogP contribution in [0.25, 0.3) is 11.1 Å². The van der Waals surface area contributed by atoms with Crippen molar-refractivity contribution in [2.24, 2.45) is 0 Å². The summed E-state index contributed by atoms with van der Waals surface area (Å²) < 4.78 is 1.59. The second-order valence-corrected chi connectivity index (χ2v) is 7.22. The highest BCUT2D eigenvalue weighted by atomic mass is 16.2. The summed E-state index contributed by atoms with van der Waals surface area (Å²) >= 11 is 0. The number of aryl methyl sites for hydroxylation is 1. The Morgan fingerprint density at radius 3 is 2.79 bits per heavy atom. The van der Waals surface area contributed by atoms with Crippen molar-refractivity contribution in [2.75, 3.05) is 13.1 Å². The van der Waals surface area contributed by atoms with E-state index in [1.165, 1.54) is 6.07 Å². The quantitative estimate of drug-likeness (QED) is 0.744. The fourth-order valence-electron chi connectivity index (χ4n) is 3.91. The average molecular weight is 376 g/mol. The molecule has 1 aliphatic rings. The van der Waals surface area contributed by atoms with Crippen LogP contribution in [-0.4, -0.2) is 38.7 Å². The molecule has 6 nitrogen and oxygen atoms in total. The highest BCUT2D eigenvalue weighted by Gasteiger charge is 2.27. The zero-order valence-corrected chi connectivity index (χ0v) is 15.8. The van der Waals surface area contributed by atoms with Crippen molar-refractivity contribution in [1.29, 1.82) is 0 Å². The van der Waals surface area contributed by atoms with Gasteiger partial charge < -0.3 is 9.47 Å². The number of hydrogen-bond acceptors (Lipinski definition) is 3. The number of carbonyl (C=O) groups is 1.